The second-order valence-corrected chi connectivity index (χ2v) is 5.26. The molecule has 1 heteroatoms. The average Bonchev–Trinajstić information content (AvgIpc) is 2.76. The normalized spacial score (nSPS) is 34.3. The molecule has 1 aliphatic carbocycles. The first-order valence-electron chi connectivity index (χ1n) is 6.10. The van der Waals surface area contributed by atoms with E-state index in [1.807, 2.05) is 0 Å². The molecule has 3 rings (SSSR count). The van der Waals surface area contributed by atoms with Gasteiger partial charge in [0, 0.05) is 0 Å². The predicted molar refractivity (Wildman–Crippen MR) is 63.0 cm³/mol. The maximum Gasteiger partial charge on any atom is -0.00171 e. The molecule has 1 saturated carbocycles. The summed E-state index contributed by atoms with van der Waals surface area (Å²) in [6.07, 6.45) is 2.81. The van der Waals surface area contributed by atoms with Crippen molar-refractivity contribution in [2.75, 3.05) is 13.1 Å². The quantitative estimate of drug-likeness (QED) is 0.736. The zero-order valence-electron chi connectivity index (χ0n) is 9.37. The summed E-state index contributed by atoms with van der Waals surface area (Å²) in [6, 6.07) is 9.09. The first-order valence-corrected chi connectivity index (χ1v) is 6.10. The van der Waals surface area contributed by atoms with Gasteiger partial charge in [0.2, 0.25) is 0 Å². The van der Waals surface area contributed by atoms with Crippen molar-refractivity contribution in [3.63, 3.8) is 0 Å². The lowest BCUT2D eigenvalue weighted by Gasteiger charge is -2.12. The molecule has 1 unspecified atom stereocenters. The molecule has 0 spiro atoms. The van der Waals surface area contributed by atoms with E-state index in [1.54, 1.807) is 5.56 Å². The van der Waals surface area contributed by atoms with Crippen molar-refractivity contribution >= 4 is 0 Å². The molecule has 80 valence electrons. The first kappa shape index (κ1) is 9.41. The minimum absolute atomic E-state index is 0.835. The zero-order chi connectivity index (χ0) is 10.3. The van der Waals surface area contributed by atoms with Gasteiger partial charge in [-0.1, -0.05) is 29.8 Å². The molecule has 1 heterocycles. The van der Waals surface area contributed by atoms with Gasteiger partial charge in [-0.05, 0) is 56.2 Å². The topological polar surface area (TPSA) is 12.0 Å². The van der Waals surface area contributed by atoms with Crippen LogP contribution in [0.15, 0.2) is 24.3 Å². The smallest absolute Gasteiger partial charge is 0.00171 e. The van der Waals surface area contributed by atoms with E-state index in [-0.39, 0.29) is 0 Å². The lowest BCUT2D eigenvalue weighted by molar-refractivity contribution is 0.494. The van der Waals surface area contributed by atoms with Crippen LogP contribution in [0.4, 0.5) is 0 Å². The Kier molecular flexibility index (Phi) is 2.28. The van der Waals surface area contributed by atoms with Crippen LogP contribution in [0.2, 0.25) is 0 Å². The van der Waals surface area contributed by atoms with Gasteiger partial charge in [-0.2, -0.15) is 0 Å². The standard InChI is InChI=1S/C14H19N/c1-10-3-2-4-11(5-10)12-6-13-8-15-9-14(13)7-12/h2-5,12-15H,6-9H2,1H3/t12?,13-,14+. The van der Waals surface area contributed by atoms with Gasteiger partial charge < -0.3 is 5.32 Å². The molecule has 1 aromatic rings. The van der Waals surface area contributed by atoms with E-state index in [1.165, 1.54) is 31.5 Å². The summed E-state index contributed by atoms with van der Waals surface area (Å²) < 4.78 is 0. The second kappa shape index (κ2) is 3.64. The van der Waals surface area contributed by atoms with E-state index < -0.39 is 0 Å². The molecule has 0 radical (unpaired) electrons. The highest BCUT2D eigenvalue weighted by Gasteiger charge is 2.37. The second-order valence-electron chi connectivity index (χ2n) is 5.26. The van der Waals surface area contributed by atoms with Crippen molar-refractivity contribution in [3.05, 3.63) is 35.4 Å². The fourth-order valence-corrected chi connectivity index (χ4v) is 3.36. The van der Waals surface area contributed by atoms with Crippen molar-refractivity contribution < 1.29 is 0 Å². The van der Waals surface area contributed by atoms with Crippen LogP contribution < -0.4 is 5.32 Å². The Morgan fingerprint density at radius 3 is 2.53 bits per heavy atom. The van der Waals surface area contributed by atoms with Gasteiger partial charge in [0.15, 0.2) is 0 Å². The van der Waals surface area contributed by atoms with E-state index in [4.69, 9.17) is 0 Å². The van der Waals surface area contributed by atoms with Crippen LogP contribution >= 0.6 is 0 Å². The Balaban J connectivity index is 1.79. The Morgan fingerprint density at radius 2 is 1.87 bits per heavy atom. The molecule has 3 atom stereocenters. The third-order valence-corrected chi connectivity index (χ3v) is 4.17. The van der Waals surface area contributed by atoms with Gasteiger partial charge in [0.25, 0.3) is 0 Å². The molecule has 1 aliphatic heterocycles. The third kappa shape index (κ3) is 1.69. The molecule has 2 aliphatic rings. The Hall–Kier alpha value is -0.820. The monoisotopic (exact) mass is 201 g/mol. The summed E-state index contributed by atoms with van der Waals surface area (Å²) >= 11 is 0. The van der Waals surface area contributed by atoms with E-state index in [0.717, 1.165) is 17.8 Å². The van der Waals surface area contributed by atoms with Crippen LogP contribution in [0.3, 0.4) is 0 Å². The molecule has 0 amide bonds. The summed E-state index contributed by atoms with van der Waals surface area (Å²) in [5.74, 6) is 2.74. The Bertz CT molecular complexity index is 346. The summed E-state index contributed by atoms with van der Waals surface area (Å²) in [5.41, 5.74) is 2.98. The molecule has 0 bridgehead atoms. The molecular weight excluding hydrogens is 182 g/mol. The van der Waals surface area contributed by atoms with Crippen molar-refractivity contribution in [3.8, 4) is 0 Å². The molecule has 1 N–H and O–H groups in total. The van der Waals surface area contributed by atoms with Crippen LogP contribution in [-0.4, -0.2) is 13.1 Å². The number of hydrogen-bond donors (Lipinski definition) is 1. The van der Waals surface area contributed by atoms with Crippen LogP contribution in [0.1, 0.15) is 29.9 Å². The molecule has 2 fully saturated rings. The lowest BCUT2D eigenvalue weighted by atomic mass is 9.95. The number of aryl methyl sites for hydroxylation is 1. The third-order valence-electron chi connectivity index (χ3n) is 4.17. The van der Waals surface area contributed by atoms with E-state index >= 15 is 0 Å². The highest BCUT2D eigenvalue weighted by Crippen LogP contribution is 2.43. The Morgan fingerprint density at radius 1 is 1.13 bits per heavy atom. The summed E-state index contributed by atoms with van der Waals surface area (Å²) in [4.78, 5) is 0. The van der Waals surface area contributed by atoms with E-state index in [0.29, 0.717) is 0 Å². The lowest BCUT2D eigenvalue weighted by Crippen LogP contribution is -2.11. The summed E-state index contributed by atoms with van der Waals surface area (Å²) in [7, 11) is 0. The zero-order valence-corrected chi connectivity index (χ0v) is 9.37. The number of fused-ring (bicyclic) bond motifs is 1. The highest BCUT2D eigenvalue weighted by atomic mass is 14.9. The number of nitrogens with one attached hydrogen (secondary N) is 1. The summed E-state index contributed by atoms with van der Waals surface area (Å²) in [6.45, 7) is 4.71. The summed E-state index contributed by atoms with van der Waals surface area (Å²) in [5, 5.41) is 3.51. The largest absolute Gasteiger partial charge is 0.316 e. The highest BCUT2D eigenvalue weighted by molar-refractivity contribution is 5.26. The minimum atomic E-state index is 0.835. The van der Waals surface area contributed by atoms with Gasteiger partial charge in [0.1, 0.15) is 0 Å². The van der Waals surface area contributed by atoms with Crippen molar-refractivity contribution in [1.82, 2.24) is 5.32 Å². The fraction of sp³-hybridized carbons (Fsp3) is 0.571. The van der Waals surface area contributed by atoms with E-state index in [9.17, 15) is 0 Å². The maximum atomic E-state index is 3.51. The van der Waals surface area contributed by atoms with Gasteiger partial charge >= 0.3 is 0 Å². The fourth-order valence-electron chi connectivity index (χ4n) is 3.36. The van der Waals surface area contributed by atoms with Crippen molar-refractivity contribution in [2.24, 2.45) is 11.8 Å². The minimum Gasteiger partial charge on any atom is -0.316 e. The SMILES string of the molecule is Cc1cccc(C2C[C@H]3CNC[C@H]3C2)c1. The average molecular weight is 201 g/mol. The predicted octanol–water partition coefficient (Wildman–Crippen LogP) is 2.71. The van der Waals surface area contributed by atoms with Gasteiger partial charge in [-0.25, -0.2) is 0 Å². The van der Waals surface area contributed by atoms with Crippen molar-refractivity contribution in [2.45, 2.75) is 25.7 Å². The Labute approximate surface area is 91.9 Å². The van der Waals surface area contributed by atoms with Gasteiger partial charge in [-0.15, -0.1) is 0 Å². The van der Waals surface area contributed by atoms with Crippen LogP contribution in [0.25, 0.3) is 0 Å². The molecule has 1 saturated heterocycles. The first-order chi connectivity index (χ1) is 7.33. The van der Waals surface area contributed by atoms with Gasteiger partial charge in [-0.3, -0.25) is 0 Å². The molecule has 1 nitrogen and oxygen atoms in total. The molecular formula is C14H19N. The maximum absolute atomic E-state index is 3.51. The molecule has 0 aromatic heterocycles. The molecule has 1 aromatic carbocycles. The van der Waals surface area contributed by atoms with Crippen LogP contribution in [0.5, 0.6) is 0 Å². The molecule has 15 heavy (non-hydrogen) atoms. The number of benzene rings is 1. The van der Waals surface area contributed by atoms with Crippen molar-refractivity contribution in [1.29, 1.82) is 0 Å². The number of rotatable bonds is 1. The van der Waals surface area contributed by atoms with Crippen LogP contribution in [0, 0.1) is 18.8 Å². The van der Waals surface area contributed by atoms with Gasteiger partial charge in [0.05, 0.1) is 0 Å². The van der Waals surface area contributed by atoms with E-state index in [2.05, 4.69) is 36.5 Å². The van der Waals surface area contributed by atoms with Crippen LogP contribution in [-0.2, 0) is 0 Å². The number of hydrogen-bond acceptors (Lipinski definition) is 1.